The van der Waals surface area contributed by atoms with Gasteiger partial charge in [0, 0.05) is 42.5 Å². The number of nitrogens with zero attached hydrogens (tertiary/aromatic N) is 1. The summed E-state index contributed by atoms with van der Waals surface area (Å²) in [5, 5.41) is 2.91. The van der Waals surface area contributed by atoms with Gasteiger partial charge in [-0.2, -0.15) is 12.6 Å². The van der Waals surface area contributed by atoms with Crippen LogP contribution in [0.5, 0.6) is 0 Å². The molecule has 49 heavy (non-hydrogen) atoms. The lowest BCUT2D eigenvalue weighted by Crippen LogP contribution is -2.48. The molecule has 0 radical (unpaired) electrons. The number of esters is 2. The molecule has 2 atom stereocenters. The van der Waals surface area contributed by atoms with E-state index < -0.39 is 40.1 Å². The van der Waals surface area contributed by atoms with Crippen molar-refractivity contribution in [3.8, 4) is 0 Å². The molecule has 2 unspecified atom stereocenters. The molecule has 0 bridgehead atoms. The number of hydrogen-bond acceptors (Lipinski definition) is 10. The van der Waals surface area contributed by atoms with Gasteiger partial charge in [0.25, 0.3) is 11.8 Å². The summed E-state index contributed by atoms with van der Waals surface area (Å²) in [6.07, 6.45) is 4.11. The number of carbonyl (C=O) groups excluding carboxylic acids is 4. The van der Waals surface area contributed by atoms with Gasteiger partial charge in [0.05, 0.1) is 23.7 Å². The van der Waals surface area contributed by atoms with Crippen molar-refractivity contribution in [1.29, 1.82) is 0 Å². The smallest absolute Gasteiger partial charge is 0.333 e. The second-order valence-electron chi connectivity index (χ2n) is 15.4. The van der Waals surface area contributed by atoms with Crippen LogP contribution >= 0.6 is 12.6 Å². The number of hydrogen-bond donors (Lipinski definition) is 2. The highest BCUT2D eigenvalue weighted by Gasteiger charge is 2.42. The van der Waals surface area contributed by atoms with Gasteiger partial charge in [-0.15, -0.1) is 0 Å². The van der Waals surface area contributed by atoms with Gasteiger partial charge in [-0.1, -0.05) is 27.0 Å². The number of thiol groups is 1. The van der Waals surface area contributed by atoms with Crippen molar-refractivity contribution in [2.75, 3.05) is 46.0 Å². The Morgan fingerprint density at radius 1 is 0.776 bits per heavy atom. The summed E-state index contributed by atoms with van der Waals surface area (Å²) in [6, 6.07) is 0. The predicted molar refractivity (Wildman–Crippen MR) is 196 cm³/mol. The molecule has 0 fully saturated rings. The van der Waals surface area contributed by atoms with Crippen molar-refractivity contribution in [2.24, 2.45) is 5.41 Å². The first kappa shape index (κ1) is 46.6. The third kappa shape index (κ3) is 17.9. The Hall–Kier alpha value is -2.41. The molecule has 284 valence electrons. The average molecular weight is 715 g/mol. The average Bonchev–Trinajstić information content (AvgIpc) is 2.99. The highest BCUT2D eigenvalue weighted by atomic mass is 32.1. The van der Waals surface area contributed by atoms with E-state index in [2.05, 4.69) is 65.7 Å². The van der Waals surface area contributed by atoms with Crippen molar-refractivity contribution in [2.45, 2.75) is 137 Å². The maximum absolute atomic E-state index is 12.7. The SMILES string of the molecule is C=C(C)C(=O)OCC(=O)NC(C)(C)CCOCC(CC)(CC(C)(C)OCCC(C)(C)N(C)C(=O)COC(=O)C(=C)C)CC(C)(CC)OCS. The molecule has 12 heteroatoms. The molecule has 11 nitrogen and oxygen atoms in total. The van der Waals surface area contributed by atoms with Crippen LogP contribution in [0, 0.1) is 5.41 Å². The fraction of sp³-hybridized carbons (Fsp3) is 0.784. The van der Waals surface area contributed by atoms with Crippen LogP contribution in [0.3, 0.4) is 0 Å². The lowest BCUT2D eigenvalue weighted by atomic mass is 9.69. The van der Waals surface area contributed by atoms with Crippen molar-refractivity contribution < 1.29 is 42.9 Å². The third-order valence-corrected chi connectivity index (χ3v) is 9.19. The molecular formula is C37H66N2O9S. The molecule has 1 N–H and O–H groups in total. The molecule has 0 aliphatic carbocycles. The van der Waals surface area contributed by atoms with E-state index in [0.29, 0.717) is 45.0 Å². The molecule has 0 aromatic rings. The molecule has 2 amide bonds. The molecule has 0 saturated heterocycles. The van der Waals surface area contributed by atoms with E-state index in [4.69, 9.17) is 23.7 Å². The van der Waals surface area contributed by atoms with Gasteiger partial charge in [0.15, 0.2) is 13.2 Å². The summed E-state index contributed by atoms with van der Waals surface area (Å²) in [4.78, 5) is 50.1. The predicted octanol–water partition coefficient (Wildman–Crippen LogP) is 6.20. The van der Waals surface area contributed by atoms with Crippen LogP contribution in [0.1, 0.15) is 115 Å². The van der Waals surface area contributed by atoms with Gasteiger partial charge in [0.1, 0.15) is 0 Å². The molecule has 0 aliphatic heterocycles. The van der Waals surface area contributed by atoms with Crippen molar-refractivity contribution in [1.82, 2.24) is 10.2 Å². The van der Waals surface area contributed by atoms with Gasteiger partial charge in [0.2, 0.25) is 0 Å². The summed E-state index contributed by atoms with van der Waals surface area (Å²) in [7, 11) is 1.69. The van der Waals surface area contributed by atoms with E-state index in [1.165, 1.54) is 13.8 Å². The van der Waals surface area contributed by atoms with Crippen molar-refractivity contribution in [3.05, 3.63) is 24.3 Å². The summed E-state index contributed by atoms with van der Waals surface area (Å²) >= 11 is 4.35. The molecule has 0 heterocycles. The molecule has 0 aromatic carbocycles. The number of nitrogens with one attached hydrogen (secondary N) is 1. The van der Waals surface area contributed by atoms with Gasteiger partial charge < -0.3 is 33.9 Å². The van der Waals surface area contributed by atoms with Crippen LogP contribution in [0.25, 0.3) is 0 Å². The normalized spacial score (nSPS) is 14.6. The molecule has 0 rings (SSSR count). The van der Waals surface area contributed by atoms with E-state index in [1.807, 2.05) is 27.7 Å². The first-order chi connectivity index (χ1) is 22.4. The van der Waals surface area contributed by atoms with Crippen LogP contribution in [0.15, 0.2) is 24.3 Å². The first-order valence-corrected chi connectivity index (χ1v) is 17.7. The summed E-state index contributed by atoms with van der Waals surface area (Å²) in [5.74, 6) is -1.60. The van der Waals surface area contributed by atoms with E-state index in [9.17, 15) is 19.2 Å². The van der Waals surface area contributed by atoms with Gasteiger partial charge in [-0.25, -0.2) is 9.59 Å². The number of carbonyl (C=O) groups is 4. The monoisotopic (exact) mass is 714 g/mol. The number of ether oxygens (including phenoxy) is 5. The van der Waals surface area contributed by atoms with Gasteiger partial charge >= 0.3 is 11.9 Å². The van der Waals surface area contributed by atoms with Crippen LogP contribution in [0.4, 0.5) is 0 Å². The number of amides is 2. The summed E-state index contributed by atoms with van der Waals surface area (Å²) < 4.78 is 29.0. The quantitative estimate of drug-likeness (QED) is 0.0374. The Bertz CT molecular complexity index is 1140. The molecule has 0 saturated carbocycles. The van der Waals surface area contributed by atoms with E-state index in [-0.39, 0.29) is 35.7 Å². The van der Waals surface area contributed by atoms with Gasteiger partial charge in [-0.05, 0) is 106 Å². The lowest BCUT2D eigenvalue weighted by Gasteiger charge is -2.45. The third-order valence-electron chi connectivity index (χ3n) is 9.06. The van der Waals surface area contributed by atoms with E-state index in [0.717, 1.165) is 19.3 Å². The zero-order chi connectivity index (χ0) is 38.3. The Labute approximate surface area is 301 Å². The van der Waals surface area contributed by atoms with Crippen molar-refractivity contribution in [3.63, 3.8) is 0 Å². The maximum atomic E-state index is 12.7. The fourth-order valence-electron chi connectivity index (χ4n) is 5.47. The van der Waals surface area contributed by atoms with Crippen LogP contribution in [0.2, 0.25) is 0 Å². The Morgan fingerprint density at radius 3 is 1.82 bits per heavy atom. The molecular weight excluding hydrogens is 648 g/mol. The highest BCUT2D eigenvalue weighted by Crippen LogP contribution is 2.43. The maximum Gasteiger partial charge on any atom is 0.333 e. The Morgan fingerprint density at radius 2 is 1.33 bits per heavy atom. The minimum absolute atomic E-state index is 0.232. The standard InChI is InChI=1S/C37H66N2O9S/c1-15-36(13,48-26-49)24-37(16-2,25-44-19-17-33(7,8)38-29(40)21-45-31(42)27(3)4)23-35(11,12)47-20-18-34(9,10)39(14)30(41)22-46-32(43)28(5)6/h49H,3,5,15-26H2,1-2,4,6-14H3,(H,38,40). The van der Waals surface area contributed by atoms with Crippen molar-refractivity contribution >= 4 is 36.4 Å². The second-order valence-corrected chi connectivity index (χ2v) is 15.6. The second kappa shape index (κ2) is 20.4. The van der Waals surface area contributed by atoms with E-state index >= 15 is 0 Å². The number of likely N-dealkylation sites (N-methyl/N-ethyl adjacent to an activating group) is 1. The highest BCUT2D eigenvalue weighted by molar-refractivity contribution is 7.80. The van der Waals surface area contributed by atoms with E-state index in [1.54, 1.807) is 11.9 Å². The van der Waals surface area contributed by atoms with Gasteiger partial charge in [-0.3, -0.25) is 9.59 Å². The number of rotatable bonds is 25. The zero-order valence-corrected chi connectivity index (χ0v) is 33.4. The summed E-state index contributed by atoms with van der Waals surface area (Å²) in [5.41, 5.74) is -1.95. The molecule has 0 spiro atoms. The minimum atomic E-state index is -0.606. The summed E-state index contributed by atoms with van der Waals surface area (Å²) in [6.45, 7) is 28.8. The topological polar surface area (TPSA) is 130 Å². The fourth-order valence-corrected chi connectivity index (χ4v) is 5.79. The molecule has 0 aromatic heterocycles. The lowest BCUT2D eigenvalue weighted by molar-refractivity contribution is -0.151. The largest absolute Gasteiger partial charge is 0.452 e. The zero-order valence-electron chi connectivity index (χ0n) is 32.5. The first-order valence-electron chi connectivity index (χ1n) is 17.1. The Balaban J connectivity index is 5.58. The Kier molecular flexibility index (Phi) is 19.4. The van der Waals surface area contributed by atoms with Crippen LogP contribution in [-0.4, -0.2) is 97.0 Å². The van der Waals surface area contributed by atoms with Crippen LogP contribution < -0.4 is 5.32 Å². The van der Waals surface area contributed by atoms with Crippen LogP contribution in [-0.2, 0) is 42.9 Å². The molecule has 0 aliphatic rings. The minimum Gasteiger partial charge on any atom is -0.452 e.